The number of nitrogen functional groups attached to an aromatic ring is 2. The Bertz CT molecular complexity index is 2790. The van der Waals surface area contributed by atoms with E-state index < -0.39 is 5.97 Å². The highest BCUT2D eigenvalue weighted by Gasteiger charge is 2.20. The van der Waals surface area contributed by atoms with E-state index in [0.29, 0.717) is 67.6 Å². The predicted molar refractivity (Wildman–Crippen MR) is 250 cm³/mol. The zero-order valence-corrected chi connectivity index (χ0v) is 38.2. The second-order valence-electron chi connectivity index (χ2n) is 16.1. The van der Waals surface area contributed by atoms with E-state index in [1.165, 1.54) is 9.13 Å². The summed E-state index contributed by atoms with van der Waals surface area (Å²) < 4.78 is 23.7. The highest BCUT2D eigenvalue weighted by atomic mass is 16.5. The first-order valence-electron chi connectivity index (χ1n) is 22.3. The number of fused-ring (bicyclic) bond motifs is 2. The molecule has 0 unspecified atom stereocenters. The lowest BCUT2D eigenvalue weighted by molar-refractivity contribution is -0.138. The van der Waals surface area contributed by atoms with Crippen LogP contribution in [-0.2, 0) is 54.6 Å². The first-order chi connectivity index (χ1) is 32.8. The molecule has 0 radical (unpaired) electrons. The van der Waals surface area contributed by atoms with E-state index in [4.69, 9.17) is 35.5 Å². The van der Waals surface area contributed by atoms with Gasteiger partial charge in [-0.3, -0.25) is 28.3 Å². The highest BCUT2D eigenvalue weighted by Crippen LogP contribution is 2.21. The fraction of sp³-hybridized carbons (Fsp3) is 0.435. The first-order valence-corrected chi connectivity index (χ1v) is 22.3. The van der Waals surface area contributed by atoms with Gasteiger partial charge in [0.05, 0.1) is 32.7 Å². The molecule has 68 heavy (non-hydrogen) atoms. The van der Waals surface area contributed by atoms with Crippen LogP contribution in [-0.4, -0.2) is 126 Å². The summed E-state index contributed by atoms with van der Waals surface area (Å²) in [5.41, 5.74) is 16.3. The van der Waals surface area contributed by atoms with Crippen molar-refractivity contribution in [1.29, 1.82) is 0 Å². The number of ether oxygens (including phenoxy) is 4. The minimum atomic E-state index is -0.976. The Balaban J connectivity index is 0.000000226. The molecule has 1 aliphatic heterocycles. The number of nitrogens with zero attached hydrogens (tertiary/aromatic N) is 7. The Morgan fingerprint density at radius 3 is 1.41 bits per heavy atom. The van der Waals surface area contributed by atoms with Crippen LogP contribution < -0.4 is 32.3 Å². The van der Waals surface area contributed by atoms with Crippen LogP contribution in [0.25, 0.3) is 22.3 Å². The van der Waals surface area contributed by atoms with Gasteiger partial charge in [-0.2, -0.15) is 19.9 Å². The number of aromatic amines is 2. The zero-order valence-electron chi connectivity index (χ0n) is 38.2. The van der Waals surface area contributed by atoms with Crippen molar-refractivity contribution in [3.8, 4) is 12.0 Å². The number of H-pyrrole nitrogens is 2. The van der Waals surface area contributed by atoms with Crippen molar-refractivity contribution in [2.45, 2.75) is 77.3 Å². The second-order valence-corrected chi connectivity index (χ2v) is 16.1. The summed E-state index contributed by atoms with van der Waals surface area (Å²) in [6.07, 6.45) is 4.40. The summed E-state index contributed by atoms with van der Waals surface area (Å²) in [5, 5.41) is 8.64. The van der Waals surface area contributed by atoms with Gasteiger partial charge in [0.1, 0.15) is 35.8 Å². The van der Waals surface area contributed by atoms with Gasteiger partial charge in [-0.05, 0) is 47.9 Å². The van der Waals surface area contributed by atoms with Crippen LogP contribution in [0.1, 0.15) is 73.6 Å². The van der Waals surface area contributed by atoms with E-state index in [2.05, 4.69) is 29.9 Å². The average molecular weight is 940 g/mol. The average Bonchev–Trinajstić information content (AvgIpc) is 4.06. The quantitative estimate of drug-likeness (QED) is 0.0545. The second kappa shape index (κ2) is 24.3. The highest BCUT2D eigenvalue weighted by molar-refractivity contribution is 5.85. The number of nitrogens with one attached hydrogen (secondary N) is 2. The van der Waals surface area contributed by atoms with Crippen molar-refractivity contribution in [3.05, 3.63) is 91.8 Å². The number of benzene rings is 2. The smallest absolute Gasteiger partial charge is 0.328 e. The molecule has 7 N–H and O–H groups in total. The van der Waals surface area contributed by atoms with Crippen molar-refractivity contribution in [2.75, 3.05) is 65.2 Å². The number of carboxylic acid groups (broad SMARTS) is 1. The molecule has 0 bridgehead atoms. The molecule has 0 saturated carbocycles. The van der Waals surface area contributed by atoms with Crippen LogP contribution in [0.15, 0.2) is 58.1 Å². The molecule has 22 heteroatoms. The number of aliphatic carboxylic acids is 1. The lowest BCUT2D eigenvalue weighted by Gasteiger charge is -2.14. The van der Waals surface area contributed by atoms with Crippen molar-refractivity contribution in [2.24, 2.45) is 0 Å². The summed E-state index contributed by atoms with van der Waals surface area (Å²) in [6.45, 7) is 3.40. The number of aryl methyl sites for hydroxylation is 2. The molecule has 1 amide bonds. The lowest BCUT2D eigenvalue weighted by Crippen LogP contribution is -2.27. The van der Waals surface area contributed by atoms with Crippen LogP contribution in [0.4, 0.5) is 11.6 Å². The molecular weight excluding hydrogens is 883 g/mol. The van der Waals surface area contributed by atoms with Crippen molar-refractivity contribution < 1.29 is 43.2 Å². The van der Waals surface area contributed by atoms with Gasteiger partial charge in [0, 0.05) is 59.4 Å². The van der Waals surface area contributed by atoms with Gasteiger partial charge in [-0.15, -0.1) is 0 Å². The largest absolute Gasteiger partial charge is 0.481 e. The molecule has 4 aromatic heterocycles. The topological polar surface area (TPSA) is 308 Å². The molecule has 7 rings (SSSR count). The third-order valence-corrected chi connectivity index (χ3v) is 11.1. The first kappa shape index (κ1) is 50.0. The molecule has 0 atom stereocenters. The Kier molecular flexibility index (Phi) is 17.9. The van der Waals surface area contributed by atoms with E-state index >= 15 is 0 Å². The molecule has 362 valence electrons. The van der Waals surface area contributed by atoms with Gasteiger partial charge in [-0.1, -0.05) is 48.5 Å². The summed E-state index contributed by atoms with van der Waals surface area (Å²) in [6, 6.07) is 15.3. The number of ketones is 2. The summed E-state index contributed by atoms with van der Waals surface area (Å²) in [7, 11) is 3.11. The Morgan fingerprint density at radius 1 is 0.588 bits per heavy atom. The van der Waals surface area contributed by atoms with Crippen molar-refractivity contribution in [1.82, 2.24) is 43.9 Å². The van der Waals surface area contributed by atoms with E-state index in [0.717, 1.165) is 48.2 Å². The summed E-state index contributed by atoms with van der Waals surface area (Å²) in [4.78, 5) is 95.7. The van der Waals surface area contributed by atoms with Gasteiger partial charge in [0.25, 0.3) is 0 Å². The third kappa shape index (κ3) is 14.0. The number of aromatic nitrogens is 8. The van der Waals surface area contributed by atoms with Crippen LogP contribution >= 0.6 is 0 Å². The number of rotatable bonds is 24. The van der Waals surface area contributed by atoms with Crippen molar-refractivity contribution >= 4 is 57.4 Å². The molecule has 22 nitrogen and oxygen atoms in total. The normalized spacial score (nSPS) is 12.3. The minimum Gasteiger partial charge on any atom is -0.481 e. The molecular formula is C46H57N11O11. The van der Waals surface area contributed by atoms with Gasteiger partial charge >= 0.3 is 29.4 Å². The fourth-order valence-corrected chi connectivity index (χ4v) is 7.34. The molecule has 2 aromatic carbocycles. The van der Waals surface area contributed by atoms with E-state index in [1.54, 1.807) is 14.2 Å². The number of Topliss-reactive ketones (excluding diaryl/α,β-unsaturated/α-hetero) is 2. The van der Waals surface area contributed by atoms with E-state index in [9.17, 15) is 28.8 Å². The van der Waals surface area contributed by atoms with Gasteiger partial charge in [-0.25, -0.2) is 9.59 Å². The molecule has 1 aliphatic rings. The third-order valence-electron chi connectivity index (χ3n) is 11.1. The monoisotopic (exact) mass is 939 g/mol. The van der Waals surface area contributed by atoms with Gasteiger partial charge < -0.3 is 50.4 Å². The number of carbonyl (C=O) groups is 4. The maximum Gasteiger partial charge on any atom is 0.328 e. The SMILES string of the molecule is COCCOc1nc(N)c2[nH]c(=O)n(Cc3ccc(CCC(=O)CCC(=O)N4CCCC4)cc3)c2n1.COCCOc1nc(N)c2[nH]c(=O)n(Cc3ccc(CCC(=O)CCC(=O)O)cc3)c2n1. The summed E-state index contributed by atoms with van der Waals surface area (Å²) >= 11 is 0. The molecule has 0 spiro atoms. The Labute approximate surface area is 390 Å². The fourth-order valence-electron chi connectivity index (χ4n) is 7.34. The molecule has 6 aromatic rings. The number of methoxy groups -OCH3 is 2. The number of hydrogen-bond donors (Lipinski definition) is 5. The lowest BCUT2D eigenvalue weighted by atomic mass is 10.0. The Hall–Kier alpha value is -7.46. The zero-order chi connectivity index (χ0) is 48.6. The van der Waals surface area contributed by atoms with Crippen LogP contribution in [0.5, 0.6) is 12.0 Å². The Morgan fingerprint density at radius 2 is 1.00 bits per heavy atom. The number of carbonyl (C=O) groups excluding carboxylic acids is 3. The van der Waals surface area contributed by atoms with Gasteiger partial charge in [0.2, 0.25) is 5.91 Å². The summed E-state index contributed by atoms with van der Waals surface area (Å²) in [5.74, 6) is -0.638. The maximum atomic E-state index is 12.6. The maximum absolute atomic E-state index is 12.6. The van der Waals surface area contributed by atoms with Crippen LogP contribution in [0.3, 0.4) is 0 Å². The number of amides is 1. The van der Waals surface area contributed by atoms with Crippen LogP contribution in [0, 0.1) is 0 Å². The molecule has 5 heterocycles. The number of nitrogens with two attached hydrogens (primary N) is 2. The number of imidazole rings is 2. The van der Waals surface area contributed by atoms with E-state index in [-0.39, 0.29) is 98.1 Å². The molecule has 0 aliphatic carbocycles. The molecule has 1 saturated heterocycles. The van der Waals surface area contributed by atoms with Crippen molar-refractivity contribution in [3.63, 3.8) is 0 Å². The standard InChI is InChI=1S/C25H32N6O5.C21H25N5O6/c1-35-14-15-36-24-28-22(26)21-23(29-24)31(25(34)27-21)16-18-6-4-17(5-7-18)8-9-19(32)10-11-20(33)30-12-2-3-13-30;1-31-10-11-32-20-24-18(22)17-19(25-20)26(21(30)23-17)12-14-4-2-13(3-5-14)6-7-15(27)8-9-16(28)29/h4-7H,2-3,8-16H2,1H3,(H,27,34)(H2,26,28,29);2-5H,6-12H2,1H3,(H,23,30)(H,28,29)(H2,22,24,25). The van der Waals surface area contributed by atoms with Crippen LogP contribution in [0.2, 0.25) is 0 Å². The van der Waals surface area contributed by atoms with Gasteiger partial charge in [0.15, 0.2) is 22.9 Å². The number of likely N-dealkylation sites (tertiary alicyclic amines) is 1. The minimum absolute atomic E-state index is 0.0407. The number of carboxylic acids is 1. The predicted octanol–water partition coefficient (Wildman–Crippen LogP) is 2.82. The molecule has 1 fully saturated rings. The number of hydrogen-bond acceptors (Lipinski definition) is 16. The number of anilines is 2. The van der Waals surface area contributed by atoms with E-state index in [1.807, 2.05) is 53.4 Å².